The summed E-state index contributed by atoms with van der Waals surface area (Å²) < 4.78 is 4.39. The molecule has 0 aliphatic carbocycles. The SMILES string of the molecule is NCc1noc(N)n1. The number of nitrogens with two attached hydrogens (primary N) is 2. The summed E-state index contributed by atoms with van der Waals surface area (Å²) in [5.74, 6) is 0.433. The van der Waals surface area contributed by atoms with Gasteiger partial charge in [-0.3, -0.25) is 0 Å². The highest BCUT2D eigenvalue weighted by Crippen LogP contribution is 1.94. The first-order valence-electron chi connectivity index (χ1n) is 2.11. The van der Waals surface area contributed by atoms with Gasteiger partial charge >= 0.3 is 6.01 Å². The minimum absolute atomic E-state index is 0.0606. The Balaban J connectivity index is 2.84. The molecule has 0 aliphatic heterocycles. The number of anilines is 1. The third-order valence-electron chi connectivity index (χ3n) is 0.666. The number of nitrogens with zero attached hydrogens (tertiary/aromatic N) is 2. The summed E-state index contributed by atoms with van der Waals surface area (Å²) in [7, 11) is 0. The van der Waals surface area contributed by atoms with Gasteiger partial charge in [0.05, 0.1) is 6.54 Å². The van der Waals surface area contributed by atoms with E-state index >= 15 is 0 Å². The molecule has 0 radical (unpaired) electrons. The Labute approximate surface area is 45.7 Å². The molecule has 0 amide bonds. The van der Waals surface area contributed by atoms with Gasteiger partial charge in [0.25, 0.3) is 0 Å². The van der Waals surface area contributed by atoms with Crippen LogP contribution >= 0.6 is 0 Å². The fourth-order valence-corrected chi connectivity index (χ4v) is 0.350. The topological polar surface area (TPSA) is 91.0 Å². The van der Waals surface area contributed by atoms with Crippen molar-refractivity contribution in [2.24, 2.45) is 5.73 Å². The van der Waals surface area contributed by atoms with E-state index in [1.54, 1.807) is 0 Å². The van der Waals surface area contributed by atoms with E-state index in [9.17, 15) is 0 Å². The minimum Gasteiger partial charge on any atom is -0.351 e. The van der Waals surface area contributed by atoms with E-state index in [0.717, 1.165) is 0 Å². The number of aromatic nitrogens is 2. The Kier molecular flexibility index (Phi) is 1.13. The lowest BCUT2D eigenvalue weighted by molar-refractivity contribution is 0.427. The van der Waals surface area contributed by atoms with E-state index in [4.69, 9.17) is 11.5 Å². The van der Waals surface area contributed by atoms with Gasteiger partial charge in [-0.1, -0.05) is 5.16 Å². The van der Waals surface area contributed by atoms with Crippen LogP contribution in [-0.2, 0) is 6.54 Å². The van der Waals surface area contributed by atoms with Crippen LogP contribution in [0.2, 0.25) is 0 Å². The zero-order valence-corrected chi connectivity index (χ0v) is 4.16. The molecule has 1 aromatic rings. The van der Waals surface area contributed by atoms with Crippen LogP contribution < -0.4 is 11.5 Å². The molecule has 1 rings (SSSR count). The molecular weight excluding hydrogens is 108 g/mol. The van der Waals surface area contributed by atoms with Gasteiger partial charge in [0, 0.05) is 0 Å². The van der Waals surface area contributed by atoms with E-state index < -0.39 is 0 Å². The van der Waals surface area contributed by atoms with Gasteiger partial charge in [0.1, 0.15) is 0 Å². The fraction of sp³-hybridized carbons (Fsp3) is 0.333. The van der Waals surface area contributed by atoms with Crippen molar-refractivity contribution in [1.82, 2.24) is 10.1 Å². The van der Waals surface area contributed by atoms with Crippen LogP contribution in [0.25, 0.3) is 0 Å². The van der Waals surface area contributed by atoms with Gasteiger partial charge in [0.15, 0.2) is 5.82 Å². The maximum absolute atomic E-state index is 5.12. The zero-order chi connectivity index (χ0) is 5.98. The van der Waals surface area contributed by atoms with Crippen LogP contribution in [0.5, 0.6) is 0 Å². The van der Waals surface area contributed by atoms with Crippen molar-refractivity contribution in [2.75, 3.05) is 5.73 Å². The molecule has 0 unspecified atom stereocenters. The van der Waals surface area contributed by atoms with Gasteiger partial charge < -0.3 is 16.0 Å². The van der Waals surface area contributed by atoms with E-state index in [1.165, 1.54) is 0 Å². The molecule has 0 saturated carbocycles. The summed E-state index contributed by atoms with van der Waals surface area (Å²) in [4.78, 5) is 3.60. The minimum atomic E-state index is 0.0606. The normalized spacial score (nSPS) is 9.62. The molecule has 1 aromatic heterocycles. The zero-order valence-electron chi connectivity index (χ0n) is 4.16. The Morgan fingerprint density at radius 2 is 2.38 bits per heavy atom. The molecule has 0 atom stereocenters. The average Bonchev–Trinajstić information content (AvgIpc) is 2.14. The van der Waals surface area contributed by atoms with Crippen molar-refractivity contribution >= 4 is 6.01 Å². The van der Waals surface area contributed by atoms with Crippen LogP contribution in [0.15, 0.2) is 4.52 Å². The van der Waals surface area contributed by atoms with E-state index in [1.807, 2.05) is 0 Å². The summed E-state index contributed by atoms with van der Waals surface area (Å²) in [5, 5.41) is 3.40. The van der Waals surface area contributed by atoms with Crippen molar-refractivity contribution in [3.63, 3.8) is 0 Å². The average molecular weight is 114 g/mol. The van der Waals surface area contributed by atoms with Crippen LogP contribution in [0, 0.1) is 0 Å². The quantitative estimate of drug-likeness (QED) is 0.494. The summed E-state index contributed by atoms with van der Waals surface area (Å²) >= 11 is 0. The highest BCUT2D eigenvalue weighted by Gasteiger charge is 1.96. The number of hydrogen-bond acceptors (Lipinski definition) is 5. The molecule has 5 heteroatoms. The Hall–Kier alpha value is -1.10. The second-order valence-electron chi connectivity index (χ2n) is 1.25. The van der Waals surface area contributed by atoms with Crippen LogP contribution in [0.1, 0.15) is 5.82 Å². The lowest BCUT2D eigenvalue weighted by Gasteiger charge is -1.74. The van der Waals surface area contributed by atoms with E-state index in [0.29, 0.717) is 5.82 Å². The second-order valence-corrected chi connectivity index (χ2v) is 1.25. The third-order valence-corrected chi connectivity index (χ3v) is 0.666. The van der Waals surface area contributed by atoms with Crippen LogP contribution in [-0.4, -0.2) is 10.1 Å². The maximum Gasteiger partial charge on any atom is 0.318 e. The van der Waals surface area contributed by atoms with E-state index in [2.05, 4.69) is 14.7 Å². The first kappa shape index (κ1) is 5.04. The lowest BCUT2D eigenvalue weighted by Crippen LogP contribution is -1.98. The van der Waals surface area contributed by atoms with Gasteiger partial charge in [-0.2, -0.15) is 4.98 Å². The summed E-state index contributed by atoms with van der Waals surface area (Å²) in [6.45, 7) is 0.265. The van der Waals surface area contributed by atoms with Crippen molar-refractivity contribution in [1.29, 1.82) is 0 Å². The first-order valence-corrected chi connectivity index (χ1v) is 2.11. The molecule has 0 fully saturated rings. The summed E-state index contributed by atoms with van der Waals surface area (Å²) in [6.07, 6.45) is 0. The largest absolute Gasteiger partial charge is 0.351 e. The molecule has 44 valence electrons. The predicted octanol–water partition coefficient (Wildman–Crippen LogP) is -0.890. The molecule has 0 saturated heterocycles. The Bertz CT molecular complexity index is 172. The number of hydrogen-bond donors (Lipinski definition) is 2. The molecule has 0 aliphatic rings. The second kappa shape index (κ2) is 1.79. The first-order chi connectivity index (χ1) is 3.83. The van der Waals surface area contributed by atoms with Crippen molar-refractivity contribution < 1.29 is 4.52 Å². The van der Waals surface area contributed by atoms with Gasteiger partial charge in [0.2, 0.25) is 0 Å². The maximum atomic E-state index is 5.12. The molecule has 0 spiro atoms. The number of nitrogen functional groups attached to an aromatic ring is 1. The van der Waals surface area contributed by atoms with Crippen LogP contribution in [0.3, 0.4) is 0 Å². The molecule has 0 bridgehead atoms. The lowest BCUT2D eigenvalue weighted by atomic mass is 10.6. The summed E-state index contributed by atoms with van der Waals surface area (Å²) in [5.41, 5.74) is 10.2. The predicted molar refractivity (Wildman–Crippen MR) is 26.6 cm³/mol. The molecule has 1 heterocycles. The van der Waals surface area contributed by atoms with Crippen molar-refractivity contribution in [2.45, 2.75) is 6.54 Å². The van der Waals surface area contributed by atoms with Gasteiger partial charge in [-0.05, 0) is 0 Å². The highest BCUT2D eigenvalue weighted by atomic mass is 16.5. The van der Waals surface area contributed by atoms with E-state index in [-0.39, 0.29) is 12.6 Å². The Morgan fingerprint density at radius 1 is 1.62 bits per heavy atom. The molecule has 5 nitrogen and oxygen atoms in total. The molecule has 4 N–H and O–H groups in total. The van der Waals surface area contributed by atoms with Crippen molar-refractivity contribution in [3.05, 3.63) is 5.82 Å². The number of rotatable bonds is 1. The standard InChI is InChI=1S/C3H6N4O/c4-1-2-6-3(5)8-7-2/h1,4H2,(H2,5,6,7). The highest BCUT2D eigenvalue weighted by molar-refractivity contribution is 5.06. The molecular formula is C3H6N4O. The Morgan fingerprint density at radius 3 is 2.62 bits per heavy atom. The smallest absolute Gasteiger partial charge is 0.318 e. The van der Waals surface area contributed by atoms with Gasteiger partial charge in [-0.15, -0.1) is 0 Å². The van der Waals surface area contributed by atoms with Crippen molar-refractivity contribution in [3.8, 4) is 0 Å². The third kappa shape index (κ3) is 0.760. The van der Waals surface area contributed by atoms with Crippen LogP contribution in [0.4, 0.5) is 6.01 Å². The van der Waals surface area contributed by atoms with Gasteiger partial charge in [-0.25, -0.2) is 0 Å². The fourth-order valence-electron chi connectivity index (χ4n) is 0.350. The molecule has 0 aromatic carbocycles. The summed E-state index contributed by atoms with van der Waals surface area (Å²) in [6, 6.07) is 0.0606. The monoisotopic (exact) mass is 114 g/mol. The molecule has 8 heavy (non-hydrogen) atoms.